The van der Waals surface area contributed by atoms with Crippen molar-refractivity contribution >= 4 is 23.3 Å². The summed E-state index contributed by atoms with van der Waals surface area (Å²) in [5.74, 6) is -0.101. The van der Waals surface area contributed by atoms with Crippen LogP contribution in [0.4, 0.5) is 5.82 Å². The third-order valence-electron chi connectivity index (χ3n) is 1.88. The Hall–Kier alpha value is -1.33. The van der Waals surface area contributed by atoms with Crippen molar-refractivity contribution in [1.29, 1.82) is 0 Å². The van der Waals surface area contributed by atoms with Crippen molar-refractivity contribution in [3.63, 3.8) is 0 Å². The summed E-state index contributed by atoms with van der Waals surface area (Å²) in [4.78, 5) is 15.6. The van der Waals surface area contributed by atoms with Crippen molar-refractivity contribution in [3.05, 3.63) is 22.8 Å². The number of carbonyl (C=O) groups is 1. The first kappa shape index (κ1) is 12.7. The fraction of sp³-hybridized carbons (Fsp3) is 0.400. The van der Waals surface area contributed by atoms with Crippen LogP contribution >= 0.6 is 11.6 Å². The third-order valence-corrected chi connectivity index (χ3v) is 2.18. The Labute approximate surface area is 98.9 Å². The Morgan fingerprint density at radius 3 is 3.00 bits per heavy atom. The molecule has 0 aliphatic rings. The van der Waals surface area contributed by atoms with E-state index in [0.717, 1.165) is 0 Å². The van der Waals surface area contributed by atoms with E-state index in [2.05, 4.69) is 10.3 Å². The van der Waals surface area contributed by atoms with Crippen molar-refractivity contribution in [1.82, 2.24) is 10.3 Å². The van der Waals surface area contributed by atoms with Gasteiger partial charge in [0.05, 0.1) is 11.6 Å². The second-order valence-electron chi connectivity index (χ2n) is 3.40. The number of hydrogen-bond acceptors (Lipinski definition) is 4. The summed E-state index contributed by atoms with van der Waals surface area (Å²) in [5.41, 5.74) is 5.61. The molecule has 1 aromatic heterocycles. The molecule has 6 heteroatoms. The highest BCUT2D eigenvalue weighted by Gasteiger charge is 2.14. The zero-order chi connectivity index (χ0) is 12.1. The lowest BCUT2D eigenvalue weighted by molar-refractivity contribution is 0.0901. The quantitative estimate of drug-likeness (QED) is 0.830. The van der Waals surface area contributed by atoms with Crippen molar-refractivity contribution in [2.75, 3.05) is 19.5 Å². The van der Waals surface area contributed by atoms with Gasteiger partial charge >= 0.3 is 0 Å². The highest BCUT2D eigenvalue weighted by molar-refractivity contribution is 6.33. The number of halogens is 1. The third kappa shape index (κ3) is 3.36. The fourth-order valence-electron chi connectivity index (χ4n) is 1.20. The van der Waals surface area contributed by atoms with Gasteiger partial charge in [0.25, 0.3) is 5.91 Å². The highest BCUT2D eigenvalue weighted by atomic mass is 35.5. The molecule has 0 fully saturated rings. The smallest absolute Gasteiger partial charge is 0.271 e. The number of nitrogens with one attached hydrogen (secondary N) is 1. The number of ether oxygens (including phenoxy) is 1. The van der Waals surface area contributed by atoms with Crippen LogP contribution in [0, 0.1) is 0 Å². The van der Waals surface area contributed by atoms with Gasteiger partial charge in [0.15, 0.2) is 0 Å². The molecule has 88 valence electrons. The molecule has 3 N–H and O–H groups in total. The van der Waals surface area contributed by atoms with Crippen molar-refractivity contribution in [2.45, 2.75) is 13.0 Å². The summed E-state index contributed by atoms with van der Waals surface area (Å²) in [7, 11) is 1.56. The lowest BCUT2D eigenvalue weighted by Gasteiger charge is -2.12. The number of pyridine rings is 1. The van der Waals surface area contributed by atoms with E-state index in [1.165, 1.54) is 6.07 Å². The molecule has 16 heavy (non-hydrogen) atoms. The van der Waals surface area contributed by atoms with Crippen LogP contribution in [-0.4, -0.2) is 30.6 Å². The second kappa shape index (κ2) is 5.67. The summed E-state index contributed by atoms with van der Waals surface area (Å²) in [5, 5.41) is 2.97. The van der Waals surface area contributed by atoms with Crippen LogP contribution < -0.4 is 11.1 Å². The number of methoxy groups -OCH3 is 1. The number of carbonyl (C=O) groups excluding carboxylic acids is 1. The predicted octanol–water partition coefficient (Wildman–Crippen LogP) is 1.08. The maximum atomic E-state index is 11.7. The van der Waals surface area contributed by atoms with E-state index in [9.17, 15) is 4.79 Å². The average Bonchev–Trinajstić information content (AvgIpc) is 2.21. The Morgan fingerprint density at radius 2 is 2.38 bits per heavy atom. The molecule has 0 spiro atoms. The molecule has 0 aliphatic carbocycles. The summed E-state index contributed by atoms with van der Waals surface area (Å²) >= 11 is 5.84. The molecule has 0 radical (unpaired) electrons. The zero-order valence-corrected chi connectivity index (χ0v) is 9.91. The summed E-state index contributed by atoms with van der Waals surface area (Å²) in [6.07, 6.45) is 0. The monoisotopic (exact) mass is 243 g/mol. The molecule has 5 nitrogen and oxygen atoms in total. The molecule has 0 saturated carbocycles. The lowest BCUT2D eigenvalue weighted by atomic mass is 10.3. The van der Waals surface area contributed by atoms with E-state index < -0.39 is 0 Å². The molecule has 0 bridgehead atoms. The Bertz CT molecular complexity index is 384. The van der Waals surface area contributed by atoms with E-state index in [1.807, 2.05) is 6.92 Å². The number of amides is 1. The van der Waals surface area contributed by atoms with Gasteiger partial charge in [0, 0.05) is 13.2 Å². The van der Waals surface area contributed by atoms with Gasteiger partial charge in [-0.3, -0.25) is 4.79 Å². The van der Waals surface area contributed by atoms with Crippen LogP contribution in [0.15, 0.2) is 12.1 Å². The first-order valence-electron chi connectivity index (χ1n) is 4.76. The van der Waals surface area contributed by atoms with Gasteiger partial charge in [-0.1, -0.05) is 11.6 Å². The minimum absolute atomic E-state index is 0.114. The minimum atomic E-state index is -0.359. The van der Waals surface area contributed by atoms with Crippen LogP contribution in [0.3, 0.4) is 0 Å². The van der Waals surface area contributed by atoms with E-state index in [1.54, 1.807) is 13.2 Å². The number of nitrogens with two attached hydrogens (primary N) is 1. The predicted molar refractivity (Wildman–Crippen MR) is 62.5 cm³/mol. The normalized spacial score (nSPS) is 12.2. The van der Waals surface area contributed by atoms with Crippen molar-refractivity contribution in [3.8, 4) is 0 Å². The SMILES string of the molecule is COCC(C)NC(=O)c1nc(N)ccc1Cl. The summed E-state index contributed by atoms with van der Waals surface area (Å²) < 4.78 is 4.90. The maximum absolute atomic E-state index is 11.7. The molecular formula is C10H14ClN3O2. The van der Waals surface area contributed by atoms with E-state index in [4.69, 9.17) is 22.1 Å². The van der Waals surface area contributed by atoms with Crippen molar-refractivity contribution in [2.24, 2.45) is 0 Å². The molecule has 1 heterocycles. The average molecular weight is 244 g/mol. The largest absolute Gasteiger partial charge is 0.384 e. The Balaban J connectivity index is 2.76. The van der Waals surface area contributed by atoms with E-state index in [-0.39, 0.29) is 28.5 Å². The number of nitrogens with zero attached hydrogens (tertiary/aromatic N) is 1. The Kier molecular flexibility index (Phi) is 4.52. The second-order valence-corrected chi connectivity index (χ2v) is 3.80. The highest BCUT2D eigenvalue weighted by Crippen LogP contribution is 2.15. The fourth-order valence-corrected chi connectivity index (χ4v) is 1.39. The molecule has 1 aromatic rings. The van der Waals surface area contributed by atoms with Crippen LogP contribution in [0.25, 0.3) is 0 Å². The first-order chi connectivity index (χ1) is 7.54. The molecule has 0 aliphatic heterocycles. The van der Waals surface area contributed by atoms with Gasteiger partial charge in [-0.05, 0) is 19.1 Å². The first-order valence-corrected chi connectivity index (χ1v) is 5.14. The number of hydrogen-bond donors (Lipinski definition) is 2. The number of anilines is 1. The molecule has 0 saturated heterocycles. The zero-order valence-electron chi connectivity index (χ0n) is 9.16. The number of aromatic nitrogens is 1. The molecule has 1 rings (SSSR count). The molecule has 1 unspecified atom stereocenters. The van der Waals surface area contributed by atoms with Crippen LogP contribution in [0.2, 0.25) is 5.02 Å². The summed E-state index contributed by atoms with van der Waals surface area (Å²) in [6, 6.07) is 2.97. The van der Waals surface area contributed by atoms with Gasteiger partial charge in [-0.2, -0.15) is 0 Å². The standard InChI is InChI=1S/C10H14ClN3O2/c1-6(5-16-2)13-10(15)9-7(11)3-4-8(12)14-9/h3-4,6H,5H2,1-2H3,(H2,12,14)(H,13,15). The van der Waals surface area contributed by atoms with E-state index in [0.29, 0.717) is 6.61 Å². The molecular weight excluding hydrogens is 230 g/mol. The Morgan fingerprint density at radius 1 is 1.69 bits per heavy atom. The number of rotatable bonds is 4. The van der Waals surface area contributed by atoms with Gasteiger partial charge in [0.2, 0.25) is 0 Å². The van der Waals surface area contributed by atoms with Crippen LogP contribution in [0.5, 0.6) is 0 Å². The number of nitrogen functional groups attached to an aromatic ring is 1. The van der Waals surface area contributed by atoms with Crippen LogP contribution in [-0.2, 0) is 4.74 Å². The van der Waals surface area contributed by atoms with Gasteiger partial charge in [-0.15, -0.1) is 0 Å². The lowest BCUT2D eigenvalue weighted by Crippen LogP contribution is -2.36. The topological polar surface area (TPSA) is 77.2 Å². The van der Waals surface area contributed by atoms with E-state index >= 15 is 0 Å². The van der Waals surface area contributed by atoms with Gasteiger partial charge < -0.3 is 15.8 Å². The van der Waals surface area contributed by atoms with Crippen LogP contribution in [0.1, 0.15) is 17.4 Å². The summed E-state index contributed by atoms with van der Waals surface area (Å²) in [6.45, 7) is 2.24. The molecule has 1 amide bonds. The minimum Gasteiger partial charge on any atom is -0.384 e. The molecule has 0 aromatic carbocycles. The van der Waals surface area contributed by atoms with Crippen molar-refractivity contribution < 1.29 is 9.53 Å². The van der Waals surface area contributed by atoms with Gasteiger partial charge in [-0.25, -0.2) is 4.98 Å². The molecule has 1 atom stereocenters. The maximum Gasteiger partial charge on any atom is 0.271 e. The van der Waals surface area contributed by atoms with Gasteiger partial charge in [0.1, 0.15) is 11.5 Å².